The molecule has 0 fully saturated rings. The predicted octanol–water partition coefficient (Wildman–Crippen LogP) is -0.280. The Morgan fingerprint density at radius 2 is 2.33 bits per heavy atom. The van der Waals surface area contributed by atoms with E-state index in [0.717, 1.165) is 0 Å². The minimum atomic E-state index is -0.922. The molecule has 0 saturated heterocycles. The van der Waals surface area contributed by atoms with Crippen LogP contribution in [0.15, 0.2) is 18.5 Å². The molecule has 1 atom stereocenters. The van der Waals surface area contributed by atoms with Crippen LogP contribution in [0.4, 0.5) is 0 Å². The van der Waals surface area contributed by atoms with Crippen LogP contribution in [0, 0.1) is 5.92 Å². The molecular formula is C9H13N3O3. The minimum absolute atomic E-state index is 0.110. The molecular weight excluding hydrogens is 198 g/mol. The molecule has 1 unspecified atom stereocenters. The third-order valence-corrected chi connectivity index (χ3v) is 1.89. The van der Waals surface area contributed by atoms with E-state index in [1.807, 2.05) is 0 Å². The van der Waals surface area contributed by atoms with Gasteiger partial charge in [-0.05, 0) is 6.07 Å². The lowest BCUT2D eigenvalue weighted by atomic mass is 10.2. The standard InChI is InChI=1S/C9H13N3O3/c1-7(9(14)15)5-10-8(13)6-12-4-2-3-11-12/h2-4,7H,5-6H2,1H3,(H,10,13)(H,14,15). The van der Waals surface area contributed by atoms with E-state index >= 15 is 0 Å². The Balaban J connectivity index is 2.28. The average molecular weight is 211 g/mol. The molecule has 0 radical (unpaired) electrons. The van der Waals surface area contributed by atoms with Crippen LogP contribution in [0.1, 0.15) is 6.92 Å². The summed E-state index contributed by atoms with van der Waals surface area (Å²) in [4.78, 5) is 21.7. The molecule has 0 aliphatic rings. The maximum Gasteiger partial charge on any atom is 0.308 e. The SMILES string of the molecule is CC(CNC(=O)Cn1cccn1)C(=O)O. The molecule has 2 N–H and O–H groups in total. The Morgan fingerprint density at radius 1 is 1.60 bits per heavy atom. The monoisotopic (exact) mass is 211 g/mol. The molecule has 1 rings (SSSR count). The third-order valence-electron chi connectivity index (χ3n) is 1.89. The fraction of sp³-hybridized carbons (Fsp3) is 0.444. The summed E-state index contributed by atoms with van der Waals surface area (Å²) in [5.74, 6) is -1.74. The van der Waals surface area contributed by atoms with Crippen LogP contribution < -0.4 is 5.32 Å². The number of carboxylic acid groups (broad SMARTS) is 1. The zero-order chi connectivity index (χ0) is 11.3. The lowest BCUT2D eigenvalue weighted by molar-refractivity contribution is -0.141. The molecule has 0 saturated carbocycles. The highest BCUT2D eigenvalue weighted by Gasteiger charge is 2.12. The summed E-state index contributed by atoms with van der Waals surface area (Å²) in [5.41, 5.74) is 0. The normalized spacial score (nSPS) is 12.1. The molecule has 82 valence electrons. The van der Waals surface area contributed by atoms with Gasteiger partial charge in [-0.2, -0.15) is 5.10 Å². The van der Waals surface area contributed by atoms with Gasteiger partial charge in [-0.3, -0.25) is 14.3 Å². The van der Waals surface area contributed by atoms with E-state index in [-0.39, 0.29) is 19.0 Å². The number of aliphatic carboxylic acids is 1. The first-order valence-corrected chi connectivity index (χ1v) is 4.56. The van der Waals surface area contributed by atoms with Crippen molar-refractivity contribution in [3.8, 4) is 0 Å². The van der Waals surface area contributed by atoms with Crippen molar-refractivity contribution in [3.05, 3.63) is 18.5 Å². The van der Waals surface area contributed by atoms with Crippen molar-refractivity contribution >= 4 is 11.9 Å². The van der Waals surface area contributed by atoms with E-state index in [9.17, 15) is 9.59 Å². The molecule has 1 aromatic rings. The van der Waals surface area contributed by atoms with Crippen molar-refractivity contribution in [2.24, 2.45) is 5.92 Å². The van der Waals surface area contributed by atoms with Gasteiger partial charge in [0.05, 0.1) is 5.92 Å². The van der Waals surface area contributed by atoms with Crippen LogP contribution in [-0.4, -0.2) is 33.3 Å². The number of carbonyl (C=O) groups is 2. The Morgan fingerprint density at radius 3 is 2.87 bits per heavy atom. The van der Waals surface area contributed by atoms with Gasteiger partial charge in [0.25, 0.3) is 0 Å². The molecule has 1 amide bonds. The number of aromatic nitrogens is 2. The van der Waals surface area contributed by atoms with Gasteiger partial charge in [0, 0.05) is 18.9 Å². The number of nitrogens with one attached hydrogen (secondary N) is 1. The first-order chi connectivity index (χ1) is 7.09. The fourth-order valence-electron chi connectivity index (χ4n) is 0.951. The van der Waals surface area contributed by atoms with Gasteiger partial charge in [0.15, 0.2) is 0 Å². The maximum atomic E-state index is 11.3. The van der Waals surface area contributed by atoms with Crippen LogP contribution in [-0.2, 0) is 16.1 Å². The second-order valence-corrected chi connectivity index (χ2v) is 3.25. The molecule has 0 aliphatic heterocycles. The molecule has 1 aromatic heterocycles. The van der Waals surface area contributed by atoms with Crippen LogP contribution in [0.5, 0.6) is 0 Å². The summed E-state index contributed by atoms with van der Waals surface area (Å²) < 4.78 is 1.47. The van der Waals surface area contributed by atoms with Crippen LogP contribution in [0.2, 0.25) is 0 Å². The van der Waals surface area contributed by atoms with Crippen molar-refractivity contribution in [2.75, 3.05) is 6.54 Å². The van der Waals surface area contributed by atoms with Crippen molar-refractivity contribution < 1.29 is 14.7 Å². The van der Waals surface area contributed by atoms with E-state index in [1.165, 1.54) is 11.6 Å². The summed E-state index contributed by atoms with van der Waals surface area (Å²) in [6.45, 7) is 1.78. The van der Waals surface area contributed by atoms with Gasteiger partial charge in [-0.1, -0.05) is 6.92 Å². The van der Waals surface area contributed by atoms with Crippen molar-refractivity contribution in [3.63, 3.8) is 0 Å². The van der Waals surface area contributed by atoms with Gasteiger partial charge in [0.1, 0.15) is 6.54 Å². The van der Waals surface area contributed by atoms with Crippen LogP contribution in [0.3, 0.4) is 0 Å². The van der Waals surface area contributed by atoms with E-state index in [4.69, 9.17) is 5.11 Å². The number of hydrogen-bond donors (Lipinski definition) is 2. The smallest absolute Gasteiger partial charge is 0.308 e. The van der Waals surface area contributed by atoms with Gasteiger partial charge in [-0.15, -0.1) is 0 Å². The Hall–Kier alpha value is -1.85. The molecule has 1 heterocycles. The predicted molar refractivity (Wildman–Crippen MR) is 52.0 cm³/mol. The number of carbonyl (C=O) groups excluding carboxylic acids is 1. The highest BCUT2D eigenvalue weighted by Crippen LogP contribution is 1.91. The lowest BCUT2D eigenvalue weighted by Crippen LogP contribution is -2.33. The topological polar surface area (TPSA) is 84.2 Å². The van der Waals surface area contributed by atoms with Gasteiger partial charge < -0.3 is 10.4 Å². The van der Waals surface area contributed by atoms with Gasteiger partial charge in [-0.25, -0.2) is 0 Å². The number of nitrogens with zero attached hydrogens (tertiary/aromatic N) is 2. The van der Waals surface area contributed by atoms with Gasteiger partial charge >= 0.3 is 5.97 Å². The van der Waals surface area contributed by atoms with E-state index in [0.29, 0.717) is 0 Å². The number of hydrogen-bond acceptors (Lipinski definition) is 3. The summed E-state index contributed by atoms with van der Waals surface area (Å²) >= 11 is 0. The first kappa shape index (κ1) is 11.2. The third kappa shape index (κ3) is 3.80. The van der Waals surface area contributed by atoms with Crippen LogP contribution >= 0.6 is 0 Å². The van der Waals surface area contributed by atoms with Crippen molar-refractivity contribution in [1.82, 2.24) is 15.1 Å². The maximum absolute atomic E-state index is 11.3. The van der Waals surface area contributed by atoms with Gasteiger partial charge in [0.2, 0.25) is 5.91 Å². The average Bonchev–Trinajstić information content (AvgIpc) is 2.66. The molecule has 0 spiro atoms. The molecule has 15 heavy (non-hydrogen) atoms. The van der Waals surface area contributed by atoms with E-state index in [2.05, 4.69) is 10.4 Å². The highest BCUT2D eigenvalue weighted by molar-refractivity contribution is 5.77. The number of amides is 1. The number of carboxylic acids is 1. The minimum Gasteiger partial charge on any atom is -0.481 e. The summed E-state index contributed by atoms with van der Waals surface area (Å²) in [6, 6.07) is 1.72. The largest absolute Gasteiger partial charge is 0.481 e. The molecule has 0 aliphatic carbocycles. The zero-order valence-corrected chi connectivity index (χ0v) is 8.38. The second kappa shape index (κ2) is 5.14. The molecule has 0 bridgehead atoms. The van der Waals surface area contributed by atoms with E-state index < -0.39 is 11.9 Å². The highest BCUT2D eigenvalue weighted by atomic mass is 16.4. The van der Waals surface area contributed by atoms with E-state index in [1.54, 1.807) is 18.5 Å². The quantitative estimate of drug-likeness (QED) is 0.701. The summed E-state index contributed by atoms with van der Waals surface area (Å²) in [5, 5.41) is 15.0. The zero-order valence-electron chi connectivity index (χ0n) is 8.38. The Kier molecular flexibility index (Phi) is 3.84. The van der Waals surface area contributed by atoms with Crippen LogP contribution in [0.25, 0.3) is 0 Å². The summed E-state index contributed by atoms with van der Waals surface area (Å²) in [7, 11) is 0. The number of rotatable bonds is 5. The van der Waals surface area contributed by atoms with Crippen molar-refractivity contribution in [1.29, 1.82) is 0 Å². The Bertz CT molecular complexity index is 334. The van der Waals surface area contributed by atoms with Crippen molar-refractivity contribution in [2.45, 2.75) is 13.5 Å². The Labute approximate surface area is 86.9 Å². The fourth-order valence-corrected chi connectivity index (χ4v) is 0.951. The first-order valence-electron chi connectivity index (χ1n) is 4.56. The summed E-state index contributed by atoms with van der Waals surface area (Å²) in [6.07, 6.45) is 3.24. The molecule has 0 aromatic carbocycles. The molecule has 6 heteroatoms. The molecule has 6 nitrogen and oxygen atoms in total. The second-order valence-electron chi connectivity index (χ2n) is 3.25. The lowest BCUT2D eigenvalue weighted by Gasteiger charge is -2.08.